The maximum Gasteiger partial charge on any atom is 0.270 e. The second-order valence-electron chi connectivity index (χ2n) is 3.76. The van der Waals surface area contributed by atoms with E-state index in [-0.39, 0.29) is 0 Å². The van der Waals surface area contributed by atoms with Crippen LogP contribution in [0.3, 0.4) is 0 Å². The number of hydrogen-bond donors (Lipinski definition) is 1. The van der Waals surface area contributed by atoms with Crippen molar-refractivity contribution in [1.29, 1.82) is 0 Å². The van der Waals surface area contributed by atoms with E-state index in [0.717, 1.165) is 15.6 Å². The largest absolute Gasteiger partial charge is 0.397 e. The first-order valence-electron chi connectivity index (χ1n) is 5.29. The van der Waals surface area contributed by atoms with Crippen LogP contribution < -0.4 is 5.73 Å². The summed E-state index contributed by atoms with van der Waals surface area (Å²) in [5.41, 5.74) is 7.44. The minimum atomic E-state index is 0.476. The van der Waals surface area contributed by atoms with Gasteiger partial charge < -0.3 is 10.3 Å². The lowest BCUT2D eigenvalue weighted by atomic mass is 10.3. The highest BCUT2D eigenvalue weighted by atomic mass is 32.1. The van der Waals surface area contributed by atoms with Crippen LogP contribution in [-0.4, -0.2) is 15.1 Å². The first kappa shape index (κ1) is 11.4. The second-order valence-corrected chi connectivity index (χ2v) is 5.73. The van der Waals surface area contributed by atoms with Crippen LogP contribution in [0.2, 0.25) is 0 Å². The zero-order valence-corrected chi connectivity index (χ0v) is 11.2. The highest BCUT2D eigenvalue weighted by Crippen LogP contribution is 2.30. The lowest BCUT2D eigenvalue weighted by Gasteiger charge is -1.89. The van der Waals surface area contributed by atoms with Gasteiger partial charge in [-0.15, -0.1) is 22.7 Å². The second kappa shape index (κ2) is 4.51. The Morgan fingerprint density at radius 1 is 1.33 bits per heavy atom. The molecule has 7 heteroatoms. The SMILES string of the molecule is Cc1nc(Cc2noc(-c3sccc3N)n2)cs1. The zero-order chi connectivity index (χ0) is 12.5. The summed E-state index contributed by atoms with van der Waals surface area (Å²) < 4.78 is 5.21. The van der Waals surface area contributed by atoms with E-state index in [0.29, 0.717) is 23.8 Å². The number of rotatable bonds is 3. The summed E-state index contributed by atoms with van der Waals surface area (Å²) in [7, 11) is 0. The van der Waals surface area contributed by atoms with E-state index in [1.807, 2.05) is 23.8 Å². The Kier molecular flexibility index (Phi) is 2.85. The van der Waals surface area contributed by atoms with Gasteiger partial charge in [0.15, 0.2) is 5.82 Å². The smallest absolute Gasteiger partial charge is 0.270 e. The molecule has 2 N–H and O–H groups in total. The summed E-state index contributed by atoms with van der Waals surface area (Å²) in [5, 5.41) is 8.89. The summed E-state index contributed by atoms with van der Waals surface area (Å²) in [6, 6.07) is 1.83. The minimum Gasteiger partial charge on any atom is -0.397 e. The molecule has 5 nitrogen and oxygen atoms in total. The molecule has 0 amide bonds. The van der Waals surface area contributed by atoms with Crippen molar-refractivity contribution in [2.75, 3.05) is 5.73 Å². The standard InChI is InChI=1S/C11H10N4OS2/c1-6-13-7(5-18-6)4-9-14-11(16-15-9)10-8(12)2-3-17-10/h2-3,5H,4,12H2,1H3. The van der Waals surface area contributed by atoms with E-state index in [1.54, 1.807) is 11.3 Å². The molecule has 3 rings (SSSR count). The molecule has 18 heavy (non-hydrogen) atoms. The molecule has 0 aromatic carbocycles. The number of nitrogens with zero attached hydrogens (tertiary/aromatic N) is 3. The Morgan fingerprint density at radius 2 is 2.22 bits per heavy atom. The predicted octanol–water partition coefficient (Wildman–Crippen LogP) is 2.74. The fourth-order valence-corrected chi connectivity index (χ4v) is 2.91. The molecule has 0 fully saturated rings. The third kappa shape index (κ3) is 2.14. The van der Waals surface area contributed by atoms with Gasteiger partial charge in [0.1, 0.15) is 4.88 Å². The number of nitrogen functional groups attached to an aromatic ring is 1. The molecule has 0 aliphatic carbocycles. The molecule has 0 bridgehead atoms. The molecular weight excluding hydrogens is 268 g/mol. The Labute approximate surface area is 111 Å². The van der Waals surface area contributed by atoms with E-state index in [4.69, 9.17) is 10.3 Å². The average molecular weight is 278 g/mol. The third-order valence-corrected chi connectivity index (χ3v) is 4.10. The van der Waals surface area contributed by atoms with Crippen LogP contribution in [-0.2, 0) is 6.42 Å². The molecule has 0 unspecified atom stereocenters. The summed E-state index contributed by atoms with van der Waals surface area (Å²) in [5.74, 6) is 1.10. The highest BCUT2D eigenvalue weighted by molar-refractivity contribution is 7.14. The molecule has 0 aliphatic rings. The van der Waals surface area contributed by atoms with Gasteiger partial charge in [0.05, 0.1) is 22.8 Å². The lowest BCUT2D eigenvalue weighted by Crippen LogP contribution is -1.91. The van der Waals surface area contributed by atoms with Gasteiger partial charge in [0.2, 0.25) is 0 Å². The molecule has 0 atom stereocenters. The topological polar surface area (TPSA) is 77.8 Å². The van der Waals surface area contributed by atoms with E-state index in [2.05, 4.69) is 15.1 Å². The number of thiazole rings is 1. The van der Waals surface area contributed by atoms with Gasteiger partial charge in [-0.3, -0.25) is 0 Å². The fourth-order valence-electron chi connectivity index (χ4n) is 1.56. The van der Waals surface area contributed by atoms with Crippen LogP contribution in [0.25, 0.3) is 10.8 Å². The van der Waals surface area contributed by atoms with Gasteiger partial charge in [-0.25, -0.2) is 4.98 Å². The average Bonchev–Trinajstić information content (AvgIpc) is 3.02. The first-order valence-corrected chi connectivity index (χ1v) is 7.05. The molecule has 0 saturated heterocycles. The summed E-state index contributed by atoms with van der Waals surface area (Å²) in [6.45, 7) is 1.97. The number of anilines is 1. The van der Waals surface area contributed by atoms with Crippen LogP contribution in [0, 0.1) is 6.92 Å². The van der Waals surface area contributed by atoms with Gasteiger partial charge in [-0.05, 0) is 18.4 Å². The number of thiophene rings is 1. The van der Waals surface area contributed by atoms with Crippen molar-refractivity contribution < 1.29 is 4.52 Å². The van der Waals surface area contributed by atoms with E-state index < -0.39 is 0 Å². The normalized spacial score (nSPS) is 10.9. The maximum atomic E-state index is 5.81. The summed E-state index contributed by atoms with van der Waals surface area (Å²) in [4.78, 5) is 9.53. The zero-order valence-electron chi connectivity index (χ0n) is 9.58. The molecule has 0 radical (unpaired) electrons. The van der Waals surface area contributed by atoms with Gasteiger partial charge in [-0.2, -0.15) is 4.98 Å². The van der Waals surface area contributed by atoms with Crippen LogP contribution in [0.5, 0.6) is 0 Å². The Bertz CT molecular complexity index is 670. The highest BCUT2D eigenvalue weighted by Gasteiger charge is 2.13. The van der Waals surface area contributed by atoms with Crippen molar-refractivity contribution >= 4 is 28.4 Å². The summed E-state index contributed by atoms with van der Waals surface area (Å²) >= 11 is 3.11. The molecule has 3 heterocycles. The third-order valence-electron chi connectivity index (χ3n) is 2.36. The van der Waals surface area contributed by atoms with Crippen LogP contribution in [0.15, 0.2) is 21.3 Å². The molecule has 0 spiro atoms. The number of aromatic nitrogens is 3. The Morgan fingerprint density at radius 3 is 2.89 bits per heavy atom. The Hall–Kier alpha value is -1.73. The lowest BCUT2D eigenvalue weighted by molar-refractivity contribution is 0.424. The van der Waals surface area contributed by atoms with Gasteiger partial charge in [-0.1, -0.05) is 5.16 Å². The number of nitrogens with two attached hydrogens (primary N) is 1. The monoisotopic (exact) mass is 278 g/mol. The number of hydrogen-bond acceptors (Lipinski definition) is 7. The van der Waals surface area contributed by atoms with Gasteiger partial charge >= 0.3 is 0 Å². The molecule has 0 saturated carbocycles. The maximum absolute atomic E-state index is 5.81. The molecule has 3 aromatic heterocycles. The van der Waals surface area contributed by atoms with Crippen LogP contribution in [0.4, 0.5) is 5.69 Å². The van der Waals surface area contributed by atoms with Crippen molar-refractivity contribution in [1.82, 2.24) is 15.1 Å². The Balaban J connectivity index is 1.84. The first-order chi connectivity index (χ1) is 8.72. The quantitative estimate of drug-likeness (QED) is 0.797. The summed E-state index contributed by atoms with van der Waals surface area (Å²) in [6.07, 6.45) is 0.582. The van der Waals surface area contributed by atoms with E-state index in [1.165, 1.54) is 11.3 Å². The van der Waals surface area contributed by atoms with Crippen LogP contribution in [0.1, 0.15) is 16.5 Å². The van der Waals surface area contributed by atoms with Gasteiger partial charge in [0, 0.05) is 5.38 Å². The van der Waals surface area contributed by atoms with Gasteiger partial charge in [0.25, 0.3) is 5.89 Å². The number of aryl methyl sites for hydroxylation is 1. The van der Waals surface area contributed by atoms with Crippen molar-refractivity contribution in [2.24, 2.45) is 0 Å². The molecular formula is C11H10N4OS2. The fraction of sp³-hybridized carbons (Fsp3) is 0.182. The van der Waals surface area contributed by atoms with Crippen molar-refractivity contribution in [3.8, 4) is 10.8 Å². The molecule has 0 aliphatic heterocycles. The van der Waals surface area contributed by atoms with Crippen molar-refractivity contribution in [2.45, 2.75) is 13.3 Å². The minimum absolute atomic E-state index is 0.476. The van der Waals surface area contributed by atoms with E-state index >= 15 is 0 Å². The van der Waals surface area contributed by atoms with E-state index in [9.17, 15) is 0 Å². The van der Waals surface area contributed by atoms with Crippen LogP contribution >= 0.6 is 22.7 Å². The molecule has 92 valence electrons. The van der Waals surface area contributed by atoms with Crippen molar-refractivity contribution in [3.05, 3.63) is 33.4 Å². The van der Waals surface area contributed by atoms with Crippen molar-refractivity contribution in [3.63, 3.8) is 0 Å². The molecule has 3 aromatic rings. The predicted molar refractivity (Wildman–Crippen MR) is 71.7 cm³/mol.